The maximum Gasteiger partial charge on any atom is 0.146 e. The maximum absolute atomic E-state index is 5.48. The molecule has 1 unspecified atom stereocenters. The Kier molecular flexibility index (Phi) is 6.69. The summed E-state index contributed by atoms with van der Waals surface area (Å²) >= 11 is 1.79. The molecule has 2 aromatic heterocycles. The van der Waals surface area contributed by atoms with Gasteiger partial charge >= 0.3 is 0 Å². The Morgan fingerprint density at radius 3 is 2.59 bits per heavy atom. The Bertz CT molecular complexity index is 824. The van der Waals surface area contributed by atoms with Crippen LogP contribution in [0.1, 0.15) is 43.0 Å². The normalized spacial score (nSPS) is 21.0. The summed E-state index contributed by atoms with van der Waals surface area (Å²) in [6.45, 7) is 16.7. The summed E-state index contributed by atoms with van der Waals surface area (Å²) in [5.41, 5.74) is 1.31. The van der Waals surface area contributed by atoms with Crippen molar-refractivity contribution in [1.82, 2.24) is 19.8 Å². The minimum atomic E-state index is 0.509. The van der Waals surface area contributed by atoms with Crippen molar-refractivity contribution in [3.05, 3.63) is 16.3 Å². The van der Waals surface area contributed by atoms with Gasteiger partial charge in [0, 0.05) is 30.6 Å². The van der Waals surface area contributed by atoms with E-state index in [2.05, 4.69) is 42.8 Å². The quantitative estimate of drug-likeness (QED) is 0.774. The van der Waals surface area contributed by atoms with Gasteiger partial charge in [-0.1, -0.05) is 6.92 Å². The third-order valence-corrected chi connectivity index (χ3v) is 7.65. The van der Waals surface area contributed by atoms with Crippen LogP contribution in [0.15, 0.2) is 0 Å². The summed E-state index contributed by atoms with van der Waals surface area (Å²) in [5.74, 6) is 2.80. The van der Waals surface area contributed by atoms with Gasteiger partial charge in [0.15, 0.2) is 0 Å². The summed E-state index contributed by atoms with van der Waals surface area (Å²) in [4.78, 5) is 17.3. The molecular formula is C22H35N5OS. The highest BCUT2D eigenvalue weighted by Gasteiger charge is 2.22. The van der Waals surface area contributed by atoms with Gasteiger partial charge in [0.1, 0.15) is 16.5 Å². The fourth-order valence-electron chi connectivity index (χ4n) is 4.29. The molecule has 160 valence electrons. The molecule has 2 aliphatic heterocycles. The van der Waals surface area contributed by atoms with Crippen LogP contribution in [0.2, 0.25) is 0 Å². The molecule has 2 aromatic rings. The number of anilines is 1. The Balaban J connectivity index is 1.51. The number of thiophene rings is 1. The lowest BCUT2D eigenvalue weighted by Gasteiger charge is -2.35. The highest BCUT2D eigenvalue weighted by atomic mass is 32.1. The molecule has 1 N–H and O–H groups in total. The molecule has 0 amide bonds. The predicted molar refractivity (Wildman–Crippen MR) is 121 cm³/mol. The van der Waals surface area contributed by atoms with E-state index in [1.165, 1.54) is 41.8 Å². The summed E-state index contributed by atoms with van der Waals surface area (Å²) in [6.07, 6.45) is 2.63. The highest BCUT2D eigenvalue weighted by Crippen LogP contribution is 2.33. The third kappa shape index (κ3) is 4.90. The van der Waals surface area contributed by atoms with Crippen LogP contribution in [0.25, 0.3) is 10.2 Å². The van der Waals surface area contributed by atoms with E-state index in [0.29, 0.717) is 6.04 Å². The molecule has 29 heavy (non-hydrogen) atoms. The van der Waals surface area contributed by atoms with Gasteiger partial charge in [-0.2, -0.15) is 0 Å². The van der Waals surface area contributed by atoms with Crippen LogP contribution < -0.4 is 5.32 Å². The van der Waals surface area contributed by atoms with Crippen molar-refractivity contribution in [2.45, 2.75) is 53.1 Å². The molecule has 0 radical (unpaired) electrons. The number of rotatable bonds is 6. The monoisotopic (exact) mass is 417 g/mol. The Hall–Kier alpha value is -1.28. The van der Waals surface area contributed by atoms with E-state index in [0.717, 1.165) is 61.8 Å². The average molecular weight is 418 g/mol. The van der Waals surface area contributed by atoms with Gasteiger partial charge in [0.25, 0.3) is 0 Å². The minimum Gasteiger partial charge on any atom is -0.379 e. The second-order valence-corrected chi connectivity index (χ2v) is 9.99. The lowest BCUT2D eigenvalue weighted by atomic mass is 9.98. The van der Waals surface area contributed by atoms with Crippen molar-refractivity contribution < 1.29 is 4.74 Å². The zero-order valence-electron chi connectivity index (χ0n) is 18.3. The number of aromatic nitrogens is 2. The number of aryl methyl sites for hydroxylation is 2. The number of morpholine rings is 1. The van der Waals surface area contributed by atoms with Crippen molar-refractivity contribution in [1.29, 1.82) is 0 Å². The molecule has 0 aromatic carbocycles. The number of hydrogen-bond donors (Lipinski definition) is 1. The zero-order chi connectivity index (χ0) is 20.4. The van der Waals surface area contributed by atoms with Crippen LogP contribution in [0.4, 0.5) is 5.82 Å². The van der Waals surface area contributed by atoms with E-state index in [9.17, 15) is 0 Å². The molecule has 0 bridgehead atoms. The molecule has 6 nitrogen and oxygen atoms in total. The number of piperidine rings is 1. The summed E-state index contributed by atoms with van der Waals surface area (Å²) in [5, 5.41) is 4.90. The fourth-order valence-corrected chi connectivity index (χ4v) is 5.34. The van der Waals surface area contributed by atoms with Crippen LogP contribution in [-0.2, 0) is 11.3 Å². The maximum atomic E-state index is 5.48. The molecule has 0 spiro atoms. The Morgan fingerprint density at radius 2 is 1.86 bits per heavy atom. The topological polar surface area (TPSA) is 53.5 Å². The number of fused-ring (bicyclic) bond motifs is 1. The second-order valence-electron chi connectivity index (χ2n) is 8.79. The largest absolute Gasteiger partial charge is 0.379 e. The minimum absolute atomic E-state index is 0.509. The standard InChI is InChI=1S/C22H35N5OS/c1-15-5-7-27(8-6-15)16(2)13-23-21-20-17(3)18(4)29-22(20)25-19(24-21)14-26-9-11-28-12-10-26/h15-16H,5-14H2,1-4H3,(H,23,24,25). The Labute approximate surface area is 178 Å². The molecule has 2 saturated heterocycles. The van der Waals surface area contributed by atoms with Gasteiger partial charge in [0.05, 0.1) is 25.1 Å². The van der Waals surface area contributed by atoms with E-state index in [1.54, 1.807) is 11.3 Å². The third-order valence-electron chi connectivity index (χ3n) is 6.55. The van der Waals surface area contributed by atoms with Crippen molar-refractivity contribution in [3.63, 3.8) is 0 Å². The predicted octanol–water partition coefficient (Wildman–Crippen LogP) is 3.67. The van der Waals surface area contributed by atoms with Gasteiger partial charge in [-0.15, -0.1) is 11.3 Å². The molecule has 4 heterocycles. The van der Waals surface area contributed by atoms with E-state index in [4.69, 9.17) is 14.7 Å². The van der Waals surface area contributed by atoms with Gasteiger partial charge in [-0.3, -0.25) is 9.80 Å². The summed E-state index contributed by atoms with van der Waals surface area (Å²) < 4.78 is 5.48. The lowest BCUT2D eigenvalue weighted by Crippen LogP contribution is -2.42. The van der Waals surface area contributed by atoms with Gasteiger partial charge < -0.3 is 10.1 Å². The molecule has 7 heteroatoms. The van der Waals surface area contributed by atoms with Crippen molar-refractivity contribution in [2.75, 3.05) is 51.3 Å². The first kappa shape index (κ1) is 21.0. The number of nitrogens with one attached hydrogen (secondary N) is 1. The zero-order valence-corrected chi connectivity index (χ0v) is 19.1. The van der Waals surface area contributed by atoms with E-state index in [1.807, 2.05) is 0 Å². The number of likely N-dealkylation sites (tertiary alicyclic amines) is 1. The highest BCUT2D eigenvalue weighted by molar-refractivity contribution is 7.18. The van der Waals surface area contributed by atoms with Gasteiger partial charge in [0.2, 0.25) is 0 Å². The first-order chi connectivity index (χ1) is 14.0. The van der Waals surface area contributed by atoms with Gasteiger partial charge in [-0.25, -0.2) is 9.97 Å². The molecule has 2 fully saturated rings. The first-order valence-corrected chi connectivity index (χ1v) is 11.9. The fraction of sp³-hybridized carbons (Fsp3) is 0.727. The summed E-state index contributed by atoms with van der Waals surface area (Å²) in [6, 6.07) is 0.509. The molecule has 0 saturated carbocycles. The van der Waals surface area contributed by atoms with Crippen LogP contribution in [0, 0.1) is 19.8 Å². The van der Waals surface area contributed by atoms with Crippen LogP contribution in [0.5, 0.6) is 0 Å². The SMILES string of the molecule is Cc1sc2nc(CN3CCOCC3)nc(NCC(C)N3CCC(C)CC3)c2c1C. The molecule has 4 rings (SSSR count). The molecular weight excluding hydrogens is 382 g/mol. The van der Waals surface area contributed by atoms with Gasteiger partial charge in [-0.05, 0) is 58.2 Å². The lowest BCUT2D eigenvalue weighted by molar-refractivity contribution is 0.0331. The average Bonchev–Trinajstić information content (AvgIpc) is 3.01. The van der Waals surface area contributed by atoms with Crippen molar-refractivity contribution >= 4 is 27.4 Å². The van der Waals surface area contributed by atoms with E-state index in [-0.39, 0.29) is 0 Å². The Morgan fingerprint density at radius 1 is 1.14 bits per heavy atom. The molecule has 1 atom stereocenters. The number of nitrogens with zero attached hydrogens (tertiary/aromatic N) is 4. The van der Waals surface area contributed by atoms with Crippen LogP contribution >= 0.6 is 11.3 Å². The van der Waals surface area contributed by atoms with Crippen LogP contribution in [-0.4, -0.2) is 71.7 Å². The number of ether oxygens (including phenoxy) is 1. The molecule has 2 aliphatic rings. The van der Waals surface area contributed by atoms with E-state index < -0.39 is 0 Å². The van der Waals surface area contributed by atoms with Crippen LogP contribution in [0.3, 0.4) is 0 Å². The number of hydrogen-bond acceptors (Lipinski definition) is 7. The van der Waals surface area contributed by atoms with Crippen molar-refractivity contribution in [3.8, 4) is 0 Å². The second kappa shape index (κ2) is 9.25. The van der Waals surface area contributed by atoms with Crippen molar-refractivity contribution in [2.24, 2.45) is 5.92 Å². The smallest absolute Gasteiger partial charge is 0.146 e. The molecule has 0 aliphatic carbocycles. The summed E-state index contributed by atoms with van der Waals surface area (Å²) in [7, 11) is 0. The first-order valence-electron chi connectivity index (χ1n) is 11.1. The van der Waals surface area contributed by atoms with E-state index >= 15 is 0 Å².